The molecule has 0 amide bonds. The molecule has 19 nitrogen and oxygen atoms in total. The first kappa shape index (κ1) is 59.8. The first-order chi connectivity index (χ1) is 32.7. The summed E-state index contributed by atoms with van der Waals surface area (Å²) in [6.45, 7) is 7.56. The lowest BCUT2D eigenvalue weighted by Crippen LogP contribution is -2.63. The first-order valence-corrected chi connectivity index (χ1v) is 24.0. The second-order valence-corrected chi connectivity index (χ2v) is 18.6. The van der Waals surface area contributed by atoms with Crippen LogP contribution in [-0.4, -0.2) is 179 Å². The van der Waals surface area contributed by atoms with Crippen molar-refractivity contribution in [2.75, 3.05) is 13.1 Å². The van der Waals surface area contributed by atoms with Crippen LogP contribution in [0.4, 0.5) is 0 Å². The number of nitrogens with one attached hydrogen (secondary N) is 1. The maximum absolute atomic E-state index is 12.6. The predicted octanol–water partition coefficient (Wildman–Crippen LogP) is 0.691. The van der Waals surface area contributed by atoms with Gasteiger partial charge in [0.2, 0.25) is 0 Å². The normalized spacial score (nSPS) is 43.1. The number of fused-ring (bicyclic) bond motifs is 2. The van der Waals surface area contributed by atoms with Gasteiger partial charge >= 0.3 is 11.9 Å². The molecule has 3 aliphatic heterocycles. The Hall–Kier alpha value is -3.48. The monoisotopic (exact) mass is 981 g/mol. The zero-order valence-corrected chi connectivity index (χ0v) is 40.2. The molecule has 0 aliphatic carbocycles. The lowest BCUT2D eigenvalue weighted by Gasteiger charge is -2.45. The van der Waals surface area contributed by atoms with E-state index in [1.54, 1.807) is 81.5 Å². The second-order valence-electron chi connectivity index (χ2n) is 18.6. The molecule has 0 aromatic heterocycles. The minimum atomic E-state index is -2.36. The lowest BCUT2D eigenvalue weighted by molar-refractivity contribution is -0.310. The number of aliphatic hydroxyl groups excluding tert-OH is 9. The number of hydrogen-bond donors (Lipinski definition) is 13. The Balaban J connectivity index is 1.89. The third kappa shape index (κ3) is 20.6. The highest BCUT2D eigenvalue weighted by atomic mass is 16.7. The number of cyclic esters (lactones) is 1. The summed E-state index contributed by atoms with van der Waals surface area (Å²) in [5.41, 5.74) is 5.64. The number of hydrogen-bond acceptors (Lipinski definition) is 18. The summed E-state index contributed by atoms with van der Waals surface area (Å²) in [4.78, 5) is 25.2. The van der Waals surface area contributed by atoms with Crippen molar-refractivity contribution in [1.82, 2.24) is 5.32 Å². The molecule has 3 rings (SSSR count). The van der Waals surface area contributed by atoms with Crippen LogP contribution in [0, 0.1) is 17.8 Å². The third-order valence-electron chi connectivity index (χ3n) is 12.7. The molecule has 0 aromatic carbocycles. The average molecular weight is 981 g/mol. The molecule has 2 bridgehead atoms. The molecule has 14 N–H and O–H groups in total. The Kier molecular flexibility index (Phi) is 26.4. The highest BCUT2D eigenvalue weighted by molar-refractivity contribution is 5.71. The van der Waals surface area contributed by atoms with E-state index < -0.39 is 141 Å². The Morgan fingerprint density at radius 1 is 0.710 bits per heavy atom. The molecule has 2 saturated heterocycles. The van der Waals surface area contributed by atoms with E-state index in [-0.39, 0.29) is 38.0 Å². The number of carboxylic acid groups (broad SMARTS) is 1. The van der Waals surface area contributed by atoms with Crippen molar-refractivity contribution in [2.45, 2.75) is 183 Å². The molecular formula is C50H80N2O17. The van der Waals surface area contributed by atoms with Gasteiger partial charge in [-0.15, -0.1) is 0 Å². The molecule has 69 heavy (non-hydrogen) atoms. The van der Waals surface area contributed by atoms with Gasteiger partial charge in [-0.25, -0.2) is 0 Å². The van der Waals surface area contributed by atoms with Crippen LogP contribution in [0.25, 0.3) is 0 Å². The van der Waals surface area contributed by atoms with E-state index in [1.165, 1.54) is 0 Å². The molecule has 0 saturated carbocycles. The summed E-state index contributed by atoms with van der Waals surface area (Å²) < 4.78 is 23.6. The molecule has 0 spiro atoms. The number of carbonyl (C=O) groups excluding carboxylic acids is 1. The minimum absolute atomic E-state index is 0.141. The molecule has 392 valence electrons. The fraction of sp³-hybridized carbons (Fsp3) is 0.680. The van der Waals surface area contributed by atoms with Crippen LogP contribution >= 0.6 is 0 Å². The highest BCUT2D eigenvalue weighted by Gasteiger charge is 2.51. The summed E-state index contributed by atoms with van der Waals surface area (Å²) in [5, 5.41) is 123. The van der Waals surface area contributed by atoms with E-state index in [0.717, 1.165) is 0 Å². The zero-order valence-electron chi connectivity index (χ0n) is 40.2. The van der Waals surface area contributed by atoms with Gasteiger partial charge in [0.1, 0.15) is 18.1 Å². The molecule has 0 unspecified atom stereocenters. The Morgan fingerprint density at radius 3 is 1.87 bits per heavy atom. The van der Waals surface area contributed by atoms with Crippen LogP contribution < -0.4 is 11.1 Å². The van der Waals surface area contributed by atoms with Crippen molar-refractivity contribution < 1.29 is 84.7 Å². The summed E-state index contributed by atoms with van der Waals surface area (Å²) in [6.07, 6.45) is 4.46. The Morgan fingerprint density at radius 2 is 1.28 bits per heavy atom. The van der Waals surface area contributed by atoms with E-state index in [1.807, 2.05) is 31.2 Å². The summed E-state index contributed by atoms with van der Waals surface area (Å²) in [7, 11) is 0. The van der Waals surface area contributed by atoms with Crippen molar-refractivity contribution in [3.63, 3.8) is 0 Å². The first-order valence-electron chi connectivity index (χ1n) is 24.0. The van der Waals surface area contributed by atoms with Crippen LogP contribution in [0.15, 0.2) is 85.1 Å². The molecule has 0 radical (unpaired) electrons. The predicted molar refractivity (Wildman–Crippen MR) is 254 cm³/mol. The Labute approximate surface area is 405 Å². The molecule has 3 aliphatic rings. The molecule has 3 heterocycles. The van der Waals surface area contributed by atoms with Crippen LogP contribution in [0.2, 0.25) is 0 Å². The zero-order chi connectivity index (χ0) is 51.3. The average Bonchev–Trinajstić information content (AvgIpc) is 3.26. The highest BCUT2D eigenvalue weighted by Crippen LogP contribution is 2.38. The largest absolute Gasteiger partial charge is 0.481 e. The van der Waals surface area contributed by atoms with Crippen molar-refractivity contribution >= 4 is 11.9 Å². The van der Waals surface area contributed by atoms with Gasteiger partial charge in [-0.1, -0.05) is 98.9 Å². The molecule has 0 aromatic rings. The van der Waals surface area contributed by atoms with Gasteiger partial charge in [-0.3, -0.25) is 9.59 Å². The van der Waals surface area contributed by atoms with Crippen molar-refractivity contribution in [3.05, 3.63) is 85.1 Å². The number of esters is 1. The molecule has 19 heteroatoms. The van der Waals surface area contributed by atoms with Gasteiger partial charge < -0.3 is 86.2 Å². The van der Waals surface area contributed by atoms with Crippen molar-refractivity contribution in [1.29, 1.82) is 0 Å². The number of aliphatic carboxylic acids is 1. The Bertz CT molecular complexity index is 1740. The maximum Gasteiger partial charge on any atom is 0.311 e. The van der Waals surface area contributed by atoms with Crippen molar-refractivity contribution in [3.8, 4) is 0 Å². The van der Waals surface area contributed by atoms with Crippen LogP contribution in [0.5, 0.6) is 0 Å². The number of allylic oxidation sites excluding steroid dienone is 12. The topological polar surface area (TPSA) is 332 Å². The number of carbonyl (C=O) groups is 2. The standard InChI is InChI=1S/C50H80N2O17/c1-30-18-15-13-11-9-7-5-6-8-10-12-14-16-19-37(68-49-47(62)44(52-23-17-22-51)46(61)33(4)67-49)27-41-43(48(63)64)40(58)29-50(65,69-41)28-39(57)38(56)21-20-34(53)24-35(54)25-36(55)26-42(59)66-32(3)31(2)45(30)60/h5-16,18-19,30-41,43-47,49,52-58,60-62,65H,17,20-29,51H2,1-4H3,(H,63,64)/b6-5+,9-7+,10-8+,13-11+,14-12+,18-15+,19-16?/t30-,31-,32-,33-,34+,35+,36+,37-,38+,39+,40-,41-,43+,44+,45+,46-,47+,49+,50+/m0/s1. The summed E-state index contributed by atoms with van der Waals surface area (Å²) in [5.74, 6) is -6.88. The maximum atomic E-state index is 12.6. The van der Waals surface area contributed by atoms with Crippen LogP contribution in [0.1, 0.15) is 85.5 Å². The summed E-state index contributed by atoms with van der Waals surface area (Å²) in [6, 6.07) is -0.884. The third-order valence-corrected chi connectivity index (χ3v) is 12.7. The minimum Gasteiger partial charge on any atom is -0.481 e. The van der Waals surface area contributed by atoms with E-state index in [2.05, 4.69) is 5.32 Å². The van der Waals surface area contributed by atoms with Crippen molar-refractivity contribution in [2.24, 2.45) is 23.5 Å². The van der Waals surface area contributed by atoms with E-state index in [4.69, 9.17) is 24.7 Å². The quantitative estimate of drug-likeness (QED) is 0.123. The fourth-order valence-electron chi connectivity index (χ4n) is 8.53. The van der Waals surface area contributed by atoms with Gasteiger partial charge in [0.25, 0.3) is 0 Å². The summed E-state index contributed by atoms with van der Waals surface area (Å²) >= 11 is 0. The van der Waals surface area contributed by atoms with E-state index >= 15 is 0 Å². The van der Waals surface area contributed by atoms with Gasteiger partial charge in [-0.2, -0.15) is 0 Å². The lowest BCUT2D eigenvalue weighted by atomic mass is 9.82. The molecule has 19 atom stereocenters. The van der Waals surface area contributed by atoms with Gasteiger partial charge in [0.05, 0.1) is 79.6 Å². The molecular weight excluding hydrogens is 901 g/mol. The number of aliphatic hydroxyl groups is 10. The number of nitrogens with two attached hydrogens (primary N) is 1. The second kappa shape index (κ2) is 30.4. The van der Waals surface area contributed by atoms with E-state index in [9.17, 15) is 65.8 Å². The van der Waals surface area contributed by atoms with Gasteiger partial charge in [0.15, 0.2) is 12.1 Å². The van der Waals surface area contributed by atoms with Gasteiger partial charge in [-0.05, 0) is 59.0 Å². The van der Waals surface area contributed by atoms with Crippen LogP contribution in [0.3, 0.4) is 0 Å². The number of rotatable bonds is 7. The molecule has 2 fully saturated rings. The van der Waals surface area contributed by atoms with Gasteiger partial charge in [0, 0.05) is 31.1 Å². The fourth-order valence-corrected chi connectivity index (χ4v) is 8.53. The SMILES string of the molecule is C[C@@H]1[C@H](O)[C@@H](C)/C=C/C=C/C=C/C=C/C=C/C=C/C=C[C@H](O[C@H]2O[C@@H](C)[C@H](O)[C@@H](NCCCN)[C@H]2O)C[C@@H]2O[C@](O)(C[C@@H](O)[C@H](O)CC[C@@H](O)C[C@@H](O)C[C@@H](O)CC(=O)O[C@H]1C)C[C@H](O)[C@H]2C(=O)O. The van der Waals surface area contributed by atoms with Crippen LogP contribution in [-0.2, 0) is 28.5 Å². The van der Waals surface area contributed by atoms with E-state index in [0.29, 0.717) is 19.5 Å². The number of ether oxygens (including phenoxy) is 4. The smallest absolute Gasteiger partial charge is 0.311 e. The number of carboxylic acids is 1.